The van der Waals surface area contributed by atoms with Crippen LogP contribution in [0.1, 0.15) is 11.1 Å². The molecule has 1 N–H and O–H groups in total. The minimum Gasteiger partial charge on any atom is -0.443 e. The summed E-state index contributed by atoms with van der Waals surface area (Å²) < 4.78 is 34.7. The molecule has 0 bridgehead atoms. The molecule has 2 aromatic carbocycles. The van der Waals surface area contributed by atoms with E-state index in [-0.39, 0.29) is 10.3 Å². The Kier molecular flexibility index (Phi) is 5.77. The highest BCUT2D eigenvalue weighted by Crippen LogP contribution is 2.33. The zero-order valence-corrected chi connectivity index (χ0v) is 19.3. The molecule has 0 radical (unpaired) electrons. The number of rotatable bonds is 6. The number of thiophene rings is 1. The first kappa shape index (κ1) is 21.2. The summed E-state index contributed by atoms with van der Waals surface area (Å²) in [5.74, 6) is 0.548. The maximum atomic E-state index is 13.1. The van der Waals surface area contributed by atoms with Gasteiger partial charge in [-0.2, -0.15) is 0 Å². The van der Waals surface area contributed by atoms with Gasteiger partial charge in [-0.05, 0) is 47.9 Å². The topological polar surface area (TPSA) is 75.4 Å². The van der Waals surface area contributed by atoms with Crippen LogP contribution in [0, 0.1) is 0 Å². The lowest BCUT2D eigenvalue weighted by Gasteiger charge is -2.36. The highest BCUT2D eigenvalue weighted by atomic mass is 35.5. The van der Waals surface area contributed by atoms with Gasteiger partial charge in [0.25, 0.3) is 0 Å². The third kappa shape index (κ3) is 4.45. The second-order valence-electron chi connectivity index (χ2n) is 7.65. The average molecular weight is 486 g/mol. The molecule has 32 heavy (non-hydrogen) atoms. The molecular weight excluding hydrogens is 466 g/mol. The van der Waals surface area contributed by atoms with Crippen LogP contribution in [0.15, 0.2) is 81.9 Å². The lowest BCUT2D eigenvalue weighted by atomic mass is 9.98. The predicted molar refractivity (Wildman–Crippen MR) is 127 cm³/mol. The number of sulfonamides is 1. The number of fused-ring (bicyclic) bond motifs is 1. The monoisotopic (exact) mass is 485 g/mol. The first-order valence-electron chi connectivity index (χ1n) is 10.1. The van der Waals surface area contributed by atoms with Crippen molar-refractivity contribution in [3.63, 3.8) is 0 Å². The molecule has 1 unspecified atom stereocenters. The summed E-state index contributed by atoms with van der Waals surface area (Å²) in [5, 5.41) is 0.641. The SMILES string of the molecule is O=S(=O)(NC1Cc2cc(Cl)ccc2N(Cc2ccccc2)C1)c1ccc(-c2cnco2)s1. The molecular formula is C23H20ClN3O3S2. The van der Waals surface area contributed by atoms with Crippen LogP contribution < -0.4 is 9.62 Å². The molecule has 0 amide bonds. The van der Waals surface area contributed by atoms with Crippen LogP contribution in [0.25, 0.3) is 10.6 Å². The number of halogens is 1. The maximum absolute atomic E-state index is 13.1. The Labute approximate surface area is 195 Å². The van der Waals surface area contributed by atoms with Crippen molar-refractivity contribution in [3.8, 4) is 10.6 Å². The van der Waals surface area contributed by atoms with Gasteiger partial charge in [0.15, 0.2) is 12.2 Å². The van der Waals surface area contributed by atoms with Crippen molar-refractivity contribution in [2.45, 2.75) is 23.2 Å². The molecule has 0 fully saturated rings. The average Bonchev–Trinajstić information content (AvgIpc) is 3.46. The zero-order valence-electron chi connectivity index (χ0n) is 16.9. The number of nitrogens with one attached hydrogen (secondary N) is 1. The number of hydrogen-bond acceptors (Lipinski definition) is 6. The van der Waals surface area contributed by atoms with E-state index in [4.69, 9.17) is 16.0 Å². The molecule has 0 aliphatic carbocycles. The first-order valence-corrected chi connectivity index (χ1v) is 12.7. The number of aromatic nitrogens is 1. The van der Waals surface area contributed by atoms with E-state index in [0.29, 0.717) is 35.2 Å². The number of oxazole rings is 1. The van der Waals surface area contributed by atoms with Gasteiger partial charge in [0.1, 0.15) is 4.21 Å². The fourth-order valence-electron chi connectivity index (χ4n) is 3.96. The van der Waals surface area contributed by atoms with E-state index in [1.807, 2.05) is 36.4 Å². The van der Waals surface area contributed by atoms with Gasteiger partial charge in [0, 0.05) is 29.8 Å². The van der Waals surface area contributed by atoms with Crippen LogP contribution in [-0.4, -0.2) is 26.0 Å². The van der Waals surface area contributed by atoms with Crippen LogP contribution >= 0.6 is 22.9 Å². The van der Waals surface area contributed by atoms with Gasteiger partial charge in [-0.15, -0.1) is 11.3 Å². The molecule has 3 heterocycles. The molecule has 1 aliphatic rings. The summed E-state index contributed by atoms with van der Waals surface area (Å²) in [6.45, 7) is 1.24. The summed E-state index contributed by atoms with van der Waals surface area (Å²) in [6.07, 6.45) is 3.47. The largest absolute Gasteiger partial charge is 0.443 e. The Morgan fingerprint density at radius 3 is 2.78 bits per heavy atom. The standard InChI is InChI=1S/C23H20ClN3O3S2/c24-18-6-7-20-17(10-18)11-19(14-27(20)13-16-4-2-1-3-5-16)26-32(28,29)23-9-8-22(31-23)21-12-25-15-30-21/h1-10,12,15,19,26H,11,13-14H2. The highest BCUT2D eigenvalue weighted by molar-refractivity contribution is 7.91. The second-order valence-corrected chi connectivity index (χ2v) is 11.1. The minimum absolute atomic E-state index is 0.246. The van der Waals surface area contributed by atoms with Gasteiger partial charge in [-0.1, -0.05) is 41.9 Å². The molecule has 9 heteroatoms. The lowest BCUT2D eigenvalue weighted by molar-refractivity contribution is 0.526. The highest BCUT2D eigenvalue weighted by Gasteiger charge is 2.29. The Bertz CT molecular complexity index is 1320. The van der Waals surface area contributed by atoms with E-state index in [9.17, 15) is 8.42 Å². The van der Waals surface area contributed by atoms with Crippen molar-refractivity contribution in [1.29, 1.82) is 0 Å². The van der Waals surface area contributed by atoms with Crippen LogP contribution in [0.3, 0.4) is 0 Å². The first-order chi connectivity index (χ1) is 15.5. The van der Waals surface area contributed by atoms with E-state index in [0.717, 1.165) is 28.2 Å². The second kappa shape index (κ2) is 8.71. The fraction of sp³-hybridized carbons (Fsp3) is 0.174. The van der Waals surface area contributed by atoms with Gasteiger partial charge in [-0.3, -0.25) is 0 Å². The number of hydrogen-bond donors (Lipinski definition) is 1. The molecule has 0 saturated carbocycles. The van der Waals surface area contributed by atoms with Crippen LogP contribution in [-0.2, 0) is 23.0 Å². The van der Waals surface area contributed by atoms with E-state index in [1.165, 1.54) is 6.39 Å². The number of anilines is 1. The third-order valence-electron chi connectivity index (χ3n) is 5.35. The molecule has 164 valence electrons. The molecule has 0 spiro atoms. The summed E-state index contributed by atoms with van der Waals surface area (Å²) in [5.41, 5.74) is 3.27. The van der Waals surface area contributed by atoms with Crippen molar-refractivity contribution in [2.75, 3.05) is 11.4 Å². The minimum atomic E-state index is -3.69. The quantitative estimate of drug-likeness (QED) is 0.417. The Hall–Kier alpha value is -2.65. The lowest BCUT2D eigenvalue weighted by Crippen LogP contribution is -2.47. The third-order valence-corrected chi connectivity index (χ3v) is 8.70. The Morgan fingerprint density at radius 2 is 2.00 bits per heavy atom. The van der Waals surface area contributed by atoms with E-state index in [1.54, 1.807) is 18.3 Å². The van der Waals surface area contributed by atoms with Crippen molar-refractivity contribution in [2.24, 2.45) is 0 Å². The van der Waals surface area contributed by atoms with E-state index < -0.39 is 10.0 Å². The Balaban J connectivity index is 1.40. The fourth-order valence-corrected chi connectivity index (χ4v) is 6.66. The predicted octanol–water partition coefficient (Wildman–Crippen LogP) is 4.97. The summed E-state index contributed by atoms with van der Waals surface area (Å²) in [7, 11) is -3.69. The van der Waals surface area contributed by atoms with Gasteiger partial charge >= 0.3 is 0 Å². The van der Waals surface area contributed by atoms with Gasteiger partial charge < -0.3 is 9.32 Å². The van der Waals surface area contributed by atoms with Crippen LogP contribution in [0.5, 0.6) is 0 Å². The van der Waals surface area contributed by atoms with Crippen molar-refractivity contribution in [1.82, 2.24) is 9.71 Å². The van der Waals surface area contributed by atoms with Gasteiger partial charge in [-0.25, -0.2) is 18.1 Å². The Morgan fingerprint density at radius 1 is 1.16 bits per heavy atom. The molecule has 4 aromatic rings. The van der Waals surface area contributed by atoms with E-state index in [2.05, 4.69) is 26.7 Å². The van der Waals surface area contributed by atoms with Gasteiger partial charge in [0.05, 0.1) is 11.1 Å². The zero-order chi connectivity index (χ0) is 22.1. The molecule has 1 aliphatic heterocycles. The molecule has 1 atom stereocenters. The summed E-state index contributed by atoms with van der Waals surface area (Å²) in [6, 6.07) is 19.0. The van der Waals surface area contributed by atoms with Crippen LogP contribution in [0.2, 0.25) is 5.02 Å². The number of benzene rings is 2. The van der Waals surface area contributed by atoms with E-state index >= 15 is 0 Å². The molecule has 5 rings (SSSR count). The van der Waals surface area contributed by atoms with Crippen molar-refractivity contribution < 1.29 is 12.8 Å². The van der Waals surface area contributed by atoms with Crippen molar-refractivity contribution in [3.05, 3.63) is 89.4 Å². The maximum Gasteiger partial charge on any atom is 0.250 e. The summed E-state index contributed by atoms with van der Waals surface area (Å²) in [4.78, 5) is 6.81. The molecule has 0 saturated heterocycles. The molecule has 2 aromatic heterocycles. The smallest absolute Gasteiger partial charge is 0.250 e. The molecule has 6 nitrogen and oxygen atoms in total. The number of nitrogens with zero attached hydrogens (tertiary/aromatic N) is 2. The van der Waals surface area contributed by atoms with Gasteiger partial charge in [0.2, 0.25) is 10.0 Å². The normalized spacial score (nSPS) is 16.2. The summed E-state index contributed by atoms with van der Waals surface area (Å²) >= 11 is 7.40. The van der Waals surface area contributed by atoms with Crippen molar-refractivity contribution >= 4 is 38.6 Å². The van der Waals surface area contributed by atoms with Crippen LogP contribution in [0.4, 0.5) is 5.69 Å².